The van der Waals surface area contributed by atoms with E-state index in [1.807, 2.05) is 0 Å². The third-order valence-corrected chi connectivity index (χ3v) is 5.82. The summed E-state index contributed by atoms with van der Waals surface area (Å²) in [5, 5.41) is 9.17. The molecule has 0 spiro atoms. The third kappa shape index (κ3) is 18.5. The van der Waals surface area contributed by atoms with Crippen LogP contribution in [0.5, 0.6) is 0 Å². The second kappa shape index (κ2) is 17.3. The van der Waals surface area contributed by atoms with Gasteiger partial charge < -0.3 is 5.11 Å². The lowest BCUT2D eigenvalue weighted by Crippen LogP contribution is -2.19. The third-order valence-electron chi connectivity index (χ3n) is 4.90. The van der Waals surface area contributed by atoms with E-state index in [2.05, 4.69) is 6.92 Å². The van der Waals surface area contributed by atoms with E-state index >= 15 is 0 Å². The Morgan fingerprint density at radius 3 is 1.16 bits per heavy atom. The molecule has 0 bridgehead atoms. The molecule has 0 amide bonds. The highest BCUT2D eigenvalue weighted by molar-refractivity contribution is 7.86. The van der Waals surface area contributed by atoms with Gasteiger partial charge in [0.05, 0.1) is 0 Å². The summed E-state index contributed by atoms with van der Waals surface area (Å²) in [5.74, 6) is 0. The smallest absolute Gasteiger partial charge is 0.291 e. The summed E-state index contributed by atoms with van der Waals surface area (Å²) in [6, 6.07) is 0. The summed E-state index contributed by atoms with van der Waals surface area (Å²) in [5.41, 5.74) is -1.61. The molecule has 25 heavy (non-hydrogen) atoms. The molecule has 0 saturated carbocycles. The number of unbranched alkanes of at least 4 members (excludes halogenated alkanes) is 16. The molecule has 0 radical (unpaired) electrons. The minimum Gasteiger partial charge on any atom is -0.375 e. The van der Waals surface area contributed by atoms with Crippen molar-refractivity contribution in [3.8, 4) is 0 Å². The molecular weight excluding hydrogens is 336 g/mol. The highest BCUT2D eigenvalue weighted by atomic mass is 32.2. The molecule has 2 N–H and O–H groups in total. The van der Waals surface area contributed by atoms with Gasteiger partial charge >= 0.3 is 0 Å². The monoisotopic (exact) mass is 378 g/mol. The molecule has 0 rings (SSSR count). The Balaban J connectivity index is 3.12. The molecule has 0 fully saturated rings. The molecule has 1 atom stereocenters. The van der Waals surface area contributed by atoms with Crippen molar-refractivity contribution in [2.24, 2.45) is 0 Å². The van der Waals surface area contributed by atoms with Gasteiger partial charge in [0.2, 0.25) is 0 Å². The zero-order chi connectivity index (χ0) is 18.8. The fourth-order valence-electron chi connectivity index (χ4n) is 3.19. The highest BCUT2D eigenvalue weighted by Gasteiger charge is 2.18. The van der Waals surface area contributed by atoms with Crippen molar-refractivity contribution in [2.75, 3.05) is 0 Å². The van der Waals surface area contributed by atoms with Gasteiger partial charge in [-0.1, -0.05) is 110 Å². The zero-order valence-corrected chi connectivity index (χ0v) is 17.2. The van der Waals surface area contributed by atoms with Crippen LogP contribution in [-0.4, -0.2) is 23.5 Å². The largest absolute Gasteiger partial charge is 0.375 e. The molecule has 5 heteroatoms. The maximum Gasteiger partial charge on any atom is 0.291 e. The fraction of sp³-hybridized carbons (Fsp3) is 1.00. The van der Waals surface area contributed by atoms with Gasteiger partial charge in [0, 0.05) is 0 Å². The zero-order valence-electron chi connectivity index (χ0n) is 16.4. The van der Waals surface area contributed by atoms with Gasteiger partial charge in [0.15, 0.2) is 5.44 Å². The lowest BCUT2D eigenvalue weighted by Gasteiger charge is -2.06. The number of hydrogen-bond acceptors (Lipinski definition) is 3. The van der Waals surface area contributed by atoms with Crippen LogP contribution in [0.2, 0.25) is 0 Å². The van der Waals surface area contributed by atoms with Crippen molar-refractivity contribution in [2.45, 2.75) is 128 Å². The van der Waals surface area contributed by atoms with Crippen LogP contribution in [0.25, 0.3) is 0 Å². The van der Waals surface area contributed by atoms with Crippen LogP contribution in [0.15, 0.2) is 0 Å². The Hall–Kier alpha value is -0.130. The van der Waals surface area contributed by atoms with Crippen molar-refractivity contribution in [1.29, 1.82) is 0 Å². The maximum absolute atomic E-state index is 10.6. The lowest BCUT2D eigenvalue weighted by atomic mass is 10.0. The molecule has 0 heterocycles. The summed E-state index contributed by atoms with van der Waals surface area (Å²) in [6.45, 7) is 2.26. The molecular formula is C20H42O4S. The van der Waals surface area contributed by atoms with E-state index in [1.165, 1.54) is 89.9 Å². The fourth-order valence-corrected chi connectivity index (χ4v) is 3.66. The SMILES string of the molecule is CCCCCCCCCCCCCCCCCCCC(O)S(=O)(=O)O. The Kier molecular flexibility index (Phi) is 17.2. The Labute approximate surface area is 156 Å². The Bertz CT molecular complexity index is 368. The van der Waals surface area contributed by atoms with Crippen LogP contribution in [0.4, 0.5) is 0 Å². The molecule has 1 unspecified atom stereocenters. The maximum atomic E-state index is 10.6. The average molecular weight is 379 g/mol. The second-order valence-electron chi connectivity index (χ2n) is 7.42. The van der Waals surface area contributed by atoms with Crippen LogP contribution in [0, 0.1) is 0 Å². The van der Waals surface area contributed by atoms with Gasteiger partial charge in [-0.2, -0.15) is 8.42 Å². The Morgan fingerprint density at radius 1 is 0.600 bits per heavy atom. The average Bonchev–Trinajstić information content (AvgIpc) is 2.56. The summed E-state index contributed by atoms with van der Waals surface area (Å²) in [7, 11) is -4.27. The lowest BCUT2D eigenvalue weighted by molar-refractivity contribution is 0.219. The second-order valence-corrected chi connectivity index (χ2v) is 8.99. The van der Waals surface area contributed by atoms with Crippen molar-refractivity contribution in [3.63, 3.8) is 0 Å². The van der Waals surface area contributed by atoms with Gasteiger partial charge in [-0.15, -0.1) is 0 Å². The molecule has 0 aliphatic carbocycles. The molecule has 4 nitrogen and oxygen atoms in total. The first-order valence-corrected chi connectivity index (χ1v) is 12.1. The number of aliphatic hydroxyl groups is 1. The van der Waals surface area contributed by atoms with Crippen LogP contribution >= 0.6 is 0 Å². The predicted molar refractivity (Wildman–Crippen MR) is 106 cm³/mol. The number of aliphatic hydroxyl groups excluding tert-OH is 1. The van der Waals surface area contributed by atoms with Crippen LogP contribution < -0.4 is 0 Å². The first kappa shape index (κ1) is 24.9. The van der Waals surface area contributed by atoms with Crippen molar-refractivity contribution >= 4 is 10.1 Å². The van der Waals surface area contributed by atoms with E-state index in [9.17, 15) is 13.5 Å². The summed E-state index contributed by atoms with van der Waals surface area (Å²) in [6.07, 6.45) is 21.8. The molecule has 0 aliphatic rings. The van der Waals surface area contributed by atoms with E-state index in [0.717, 1.165) is 12.8 Å². The molecule has 0 aliphatic heterocycles. The van der Waals surface area contributed by atoms with Crippen molar-refractivity contribution < 1.29 is 18.1 Å². The number of rotatable bonds is 19. The molecule has 0 aromatic carbocycles. The highest BCUT2D eigenvalue weighted by Crippen LogP contribution is 2.15. The predicted octanol–water partition coefficient (Wildman–Crippen LogP) is 6.23. The van der Waals surface area contributed by atoms with Crippen LogP contribution in [0.3, 0.4) is 0 Å². The standard InChI is InChI=1S/C20H42O4S/c1-2-3-4-5-6-7-8-9-10-11-12-13-14-15-16-17-18-19-20(21)25(22,23)24/h20-21H,2-19H2,1H3,(H,22,23,24). The minimum absolute atomic E-state index is 0.136. The van der Waals surface area contributed by atoms with Gasteiger partial charge in [-0.25, -0.2) is 0 Å². The summed E-state index contributed by atoms with van der Waals surface area (Å²) in [4.78, 5) is 0. The normalized spacial score (nSPS) is 13.2. The topological polar surface area (TPSA) is 74.6 Å². The number of hydrogen-bond donors (Lipinski definition) is 2. The van der Waals surface area contributed by atoms with Crippen molar-refractivity contribution in [3.05, 3.63) is 0 Å². The first-order valence-electron chi connectivity index (χ1n) is 10.6. The molecule has 0 aromatic heterocycles. The van der Waals surface area contributed by atoms with E-state index in [0.29, 0.717) is 6.42 Å². The van der Waals surface area contributed by atoms with E-state index in [4.69, 9.17) is 4.55 Å². The van der Waals surface area contributed by atoms with Crippen molar-refractivity contribution in [1.82, 2.24) is 0 Å². The summed E-state index contributed by atoms with van der Waals surface area (Å²) >= 11 is 0. The first-order chi connectivity index (χ1) is 12.0. The molecule has 152 valence electrons. The quantitative estimate of drug-likeness (QED) is 0.206. The molecule has 0 aromatic rings. The van der Waals surface area contributed by atoms with Gasteiger partial charge in [0.25, 0.3) is 10.1 Å². The Morgan fingerprint density at radius 2 is 0.880 bits per heavy atom. The summed E-state index contributed by atoms with van der Waals surface area (Å²) < 4.78 is 29.9. The van der Waals surface area contributed by atoms with Gasteiger partial charge in [0.1, 0.15) is 0 Å². The van der Waals surface area contributed by atoms with E-state index in [1.54, 1.807) is 0 Å². The van der Waals surface area contributed by atoms with Crippen LogP contribution in [-0.2, 0) is 10.1 Å². The molecule has 0 saturated heterocycles. The minimum atomic E-state index is -4.27. The van der Waals surface area contributed by atoms with E-state index < -0.39 is 15.6 Å². The van der Waals surface area contributed by atoms with Gasteiger partial charge in [-0.3, -0.25) is 4.55 Å². The van der Waals surface area contributed by atoms with Gasteiger partial charge in [-0.05, 0) is 12.8 Å². The van der Waals surface area contributed by atoms with Crippen LogP contribution in [0.1, 0.15) is 122 Å². The van der Waals surface area contributed by atoms with E-state index in [-0.39, 0.29) is 6.42 Å².